The van der Waals surface area contributed by atoms with Gasteiger partial charge in [-0.1, -0.05) is 43.7 Å². The zero-order valence-corrected chi connectivity index (χ0v) is 26.1. The normalized spacial score (nSPS) is 12.2. The number of carboxylic acids is 1. The van der Waals surface area contributed by atoms with E-state index in [9.17, 15) is 23.1 Å². The van der Waals surface area contributed by atoms with Crippen LogP contribution in [0.1, 0.15) is 49.8 Å². The third-order valence-electron chi connectivity index (χ3n) is 6.93. The summed E-state index contributed by atoms with van der Waals surface area (Å²) in [4.78, 5) is 31.3. The molecular formula is C32H42N4O6S. The number of nitrogens with zero attached hydrogens (tertiary/aromatic N) is 3. The monoisotopic (exact) mass is 610 g/mol. The SMILES string of the molecule is COc1ccc(CN(Cc2ccncc2)C(=O)NCCCC[C@@H](C(=O)O)N(CC(C)C)S(=O)(=O)c2ccc(C)cc2)cc1. The van der Waals surface area contributed by atoms with Gasteiger partial charge >= 0.3 is 12.0 Å². The molecule has 0 unspecified atom stereocenters. The lowest BCUT2D eigenvalue weighted by atomic mass is 10.1. The predicted octanol–water partition coefficient (Wildman–Crippen LogP) is 5.08. The second-order valence-electron chi connectivity index (χ2n) is 10.9. The van der Waals surface area contributed by atoms with Gasteiger partial charge < -0.3 is 20.1 Å². The number of aryl methyl sites for hydroxylation is 1. The Hall–Kier alpha value is -3.96. The second-order valence-corrected chi connectivity index (χ2v) is 12.8. The van der Waals surface area contributed by atoms with Crippen molar-refractivity contribution in [1.29, 1.82) is 0 Å². The number of ether oxygens (including phenoxy) is 1. The third kappa shape index (κ3) is 10.1. The Morgan fingerprint density at radius 3 is 2.09 bits per heavy atom. The molecule has 0 bridgehead atoms. The maximum atomic E-state index is 13.5. The van der Waals surface area contributed by atoms with Crippen molar-refractivity contribution in [3.8, 4) is 5.75 Å². The first-order valence-electron chi connectivity index (χ1n) is 14.4. The number of pyridine rings is 1. The van der Waals surface area contributed by atoms with Crippen LogP contribution in [0.3, 0.4) is 0 Å². The minimum absolute atomic E-state index is 0.0709. The van der Waals surface area contributed by atoms with Crippen LogP contribution in [0, 0.1) is 12.8 Å². The molecule has 0 saturated carbocycles. The standard InChI is InChI=1S/C32H42N4O6S/c1-24(2)21-36(43(40,41)29-14-8-25(3)9-15-29)30(31(37)38)7-5-6-18-34-32(39)35(23-27-16-19-33-20-17-27)22-26-10-12-28(42-4)13-11-26/h8-17,19-20,24,30H,5-7,18,21-23H2,1-4H3,(H,34,39)(H,37,38)/t30-/m0/s1. The smallest absolute Gasteiger partial charge is 0.322 e. The predicted molar refractivity (Wildman–Crippen MR) is 165 cm³/mol. The summed E-state index contributed by atoms with van der Waals surface area (Å²) in [7, 11) is -2.43. The van der Waals surface area contributed by atoms with Crippen LogP contribution in [0.2, 0.25) is 0 Å². The number of methoxy groups -OCH3 is 1. The zero-order chi connectivity index (χ0) is 31.4. The maximum Gasteiger partial charge on any atom is 0.322 e. The lowest BCUT2D eigenvalue weighted by Gasteiger charge is -2.29. The minimum atomic E-state index is -4.02. The summed E-state index contributed by atoms with van der Waals surface area (Å²) in [5.74, 6) is -0.533. The van der Waals surface area contributed by atoms with Gasteiger partial charge in [-0.3, -0.25) is 9.78 Å². The summed E-state index contributed by atoms with van der Waals surface area (Å²) in [6.45, 7) is 6.72. The average Bonchev–Trinajstić information content (AvgIpc) is 2.98. The topological polar surface area (TPSA) is 129 Å². The van der Waals surface area contributed by atoms with Gasteiger partial charge in [-0.2, -0.15) is 4.31 Å². The summed E-state index contributed by atoms with van der Waals surface area (Å²) in [5.41, 5.74) is 2.78. The highest BCUT2D eigenvalue weighted by Crippen LogP contribution is 2.23. The van der Waals surface area contributed by atoms with Gasteiger partial charge in [-0.25, -0.2) is 13.2 Å². The molecule has 3 rings (SSSR count). The molecule has 1 heterocycles. The van der Waals surface area contributed by atoms with Crippen LogP contribution in [0.15, 0.2) is 78.0 Å². The molecule has 0 aliphatic heterocycles. The van der Waals surface area contributed by atoms with Gasteiger partial charge in [0.25, 0.3) is 0 Å². The van der Waals surface area contributed by atoms with Crippen LogP contribution >= 0.6 is 0 Å². The zero-order valence-electron chi connectivity index (χ0n) is 25.3. The largest absolute Gasteiger partial charge is 0.497 e. The van der Waals surface area contributed by atoms with Crippen molar-refractivity contribution in [3.63, 3.8) is 0 Å². The average molecular weight is 611 g/mol. The number of hydrogen-bond donors (Lipinski definition) is 2. The van der Waals surface area contributed by atoms with Gasteiger partial charge in [0.1, 0.15) is 11.8 Å². The molecule has 43 heavy (non-hydrogen) atoms. The highest BCUT2D eigenvalue weighted by molar-refractivity contribution is 7.89. The Labute approximate surface area is 254 Å². The fourth-order valence-corrected chi connectivity index (χ4v) is 6.39. The number of carboxylic acid groups (broad SMARTS) is 1. The molecule has 1 aromatic heterocycles. The molecule has 11 heteroatoms. The number of sulfonamides is 1. The molecule has 232 valence electrons. The van der Waals surface area contributed by atoms with E-state index in [1.807, 2.05) is 57.2 Å². The molecule has 2 N–H and O–H groups in total. The molecule has 1 atom stereocenters. The van der Waals surface area contributed by atoms with E-state index in [0.29, 0.717) is 32.5 Å². The number of aliphatic carboxylic acids is 1. The quantitative estimate of drug-likeness (QED) is 0.216. The Morgan fingerprint density at radius 2 is 1.53 bits per heavy atom. The Morgan fingerprint density at radius 1 is 0.930 bits per heavy atom. The van der Waals surface area contributed by atoms with Crippen LogP contribution in [-0.4, -0.2) is 66.0 Å². The van der Waals surface area contributed by atoms with Crippen LogP contribution in [0.5, 0.6) is 5.75 Å². The van der Waals surface area contributed by atoms with E-state index in [2.05, 4.69) is 10.3 Å². The van der Waals surface area contributed by atoms with Gasteiger partial charge in [0, 0.05) is 38.6 Å². The number of carbonyl (C=O) groups excluding carboxylic acids is 1. The summed E-state index contributed by atoms with van der Waals surface area (Å²) >= 11 is 0. The summed E-state index contributed by atoms with van der Waals surface area (Å²) in [6, 6.07) is 16.2. The fraction of sp³-hybridized carbons (Fsp3) is 0.406. The molecule has 0 aliphatic carbocycles. The number of amides is 2. The molecular weight excluding hydrogens is 568 g/mol. The molecule has 10 nitrogen and oxygen atoms in total. The highest BCUT2D eigenvalue weighted by Gasteiger charge is 2.36. The molecule has 0 aliphatic rings. The number of unbranched alkanes of at least 4 members (excludes halogenated alkanes) is 1. The number of carbonyl (C=O) groups is 2. The molecule has 0 radical (unpaired) electrons. The lowest BCUT2D eigenvalue weighted by Crippen LogP contribution is -2.46. The van der Waals surface area contributed by atoms with Gasteiger partial charge in [0.2, 0.25) is 10.0 Å². The molecule has 0 saturated heterocycles. The molecule has 0 fully saturated rings. The Kier molecular flexibility index (Phi) is 12.5. The number of benzene rings is 2. The van der Waals surface area contributed by atoms with Crippen LogP contribution in [0.25, 0.3) is 0 Å². The maximum absolute atomic E-state index is 13.5. The van der Waals surface area contributed by atoms with Gasteiger partial charge in [0.15, 0.2) is 0 Å². The number of rotatable bonds is 16. The first kappa shape index (κ1) is 33.5. The summed E-state index contributed by atoms with van der Waals surface area (Å²) in [6.07, 6.45) is 4.38. The first-order chi connectivity index (χ1) is 20.5. The van der Waals surface area contributed by atoms with E-state index in [-0.39, 0.29) is 29.8 Å². The Bertz CT molecular complexity index is 1410. The van der Waals surface area contributed by atoms with Crippen molar-refractivity contribution in [2.24, 2.45) is 5.92 Å². The molecule has 3 aromatic rings. The first-order valence-corrected chi connectivity index (χ1v) is 15.8. The number of aromatic nitrogens is 1. The number of hydrogen-bond acceptors (Lipinski definition) is 6. The van der Waals surface area contributed by atoms with Crippen molar-refractivity contribution >= 4 is 22.0 Å². The molecule has 2 aromatic carbocycles. The van der Waals surface area contributed by atoms with Crippen LogP contribution in [-0.2, 0) is 27.9 Å². The van der Waals surface area contributed by atoms with Crippen molar-refractivity contribution in [3.05, 3.63) is 89.7 Å². The summed E-state index contributed by atoms with van der Waals surface area (Å²) in [5, 5.41) is 13.0. The minimum Gasteiger partial charge on any atom is -0.497 e. The van der Waals surface area contributed by atoms with Gasteiger partial charge in [-0.05, 0) is 79.6 Å². The van der Waals surface area contributed by atoms with Crippen LogP contribution < -0.4 is 10.1 Å². The van der Waals surface area contributed by atoms with E-state index in [4.69, 9.17) is 4.74 Å². The molecule has 2 amide bonds. The van der Waals surface area contributed by atoms with E-state index in [1.54, 1.807) is 36.5 Å². The summed E-state index contributed by atoms with van der Waals surface area (Å²) < 4.78 is 33.3. The third-order valence-corrected chi connectivity index (χ3v) is 8.82. The van der Waals surface area contributed by atoms with E-state index < -0.39 is 22.0 Å². The van der Waals surface area contributed by atoms with Gasteiger partial charge in [-0.15, -0.1) is 0 Å². The van der Waals surface area contributed by atoms with Crippen molar-refractivity contribution in [2.45, 2.75) is 64.1 Å². The number of urea groups is 1. The van der Waals surface area contributed by atoms with E-state index in [1.165, 1.54) is 12.1 Å². The van der Waals surface area contributed by atoms with Crippen molar-refractivity contribution in [2.75, 3.05) is 20.2 Å². The van der Waals surface area contributed by atoms with E-state index in [0.717, 1.165) is 26.7 Å². The van der Waals surface area contributed by atoms with E-state index >= 15 is 0 Å². The molecule has 0 spiro atoms. The van der Waals surface area contributed by atoms with Crippen molar-refractivity contribution in [1.82, 2.24) is 19.5 Å². The number of nitrogens with one attached hydrogen (secondary N) is 1. The highest BCUT2D eigenvalue weighted by atomic mass is 32.2. The van der Waals surface area contributed by atoms with Crippen LogP contribution in [0.4, 0.5) is 4.79 Å². The lowest BCUT2D eigenvalue weighted by molar-refractivity contribution is -0.141. The second kappa shape index (κ2) is 16.0. The van der Waals surface area contributed by atoms with Gasteiger partial charge in [0.05, 0.1) is 12.0 Å². The Balaban J connectivity index is 1.63. The van der Waals surface area contributed by atoms with Crippen molar-refractivity contribution < 1.29 is 27.9 Å². The fourth-order valence-electron chi connectivity index (χ4n) is 4.62.